The van der Waals surface area contributed by atoms with Crippen LogP contribution >= 0.6 is 11.8 Å². The summed E-state index contributed by atoms with van der Waals surface area (Å²) in [4.78, 5) is 31.8. The van der Waals surface area contributed by atoms with Gasteiger partial charge in [0.15, 0.2) is 0 Å². The maximum Gasteiger partial charge on any atom is 0.255 e. The summed E-state index contributed by atoms with van der Waals surface area (Å²) in [5.74, 6) is -0.174. The second kappa shape index (κ2) is 9.77. The Hall–Kier alpha value is -2.85. The Morgan fingerprint density at radius 2 is 1.83 bits per heavy atom. The van der Waals surface area contributed by atoms with Gasteiger partial charge in [0.2, 0.25) is 5.91 Å². The highest BCUT2D eigenvalue weighted by Crippen LogP contribution is 2.27. The molecule has 0 atom stereocenters. The molecule has 2 aromatic rings. The van der Waals surface area contributed by atoms with Gasteiger partial charge in [-0.3, -0.25) is 9.59 Å². The summed E-state index contributed by atoms with van der Waals surface area (Å²) in [7, 11) is 0. The topological polar surface area (TPSA) is 86.1 Å². The van der Waals surface area contributed by atoms with Gasteiger partial charge in [-0.1, -0.05) is 23.9 Å². The molecular formula is C23H26N4O2S. The molecule has 7 heteroatoms. The van der Waals surface area contributed by atoms with Crippen LogP contribution in [0.5, 0.6) is 0 Å². The van der Waals surface area contributed by atoms with Crippen LogP contribution in [0.4, 0.5) is 5.69 Å². The van der Waals surface area contributed by atoms with Crippen LogP contribution in [0.2, 0.25) is 0 Å². The summed E-state index contributed by atoms with van der Waals surface area (Å²) in [6.45, 7) is 7.25. The highest BCUT2D eigenvalue weighted by Gasteiger charge is 2.21. The number of amides is 2. The Morgan fingerprint density at radius 3 is 2.53 bits per heavy atom. The number of aryl methyl sites for hydroxylation is 1. The van der Waals surface area contributed by atoms with E-state index >= 15 is 0 Å². The molecule has 0 unspecified atom stereocenters. The van der Waals surface area contributed by atoms with E-state index in [1.807, 2.05) is 31.7 Å². The number of rotatable bonds is 5. The number of benzene rings is 1. The maximum absolute atomic E-state index is 12.9. The normalized spacial score (nSPS) is 13.6. The van der Waals surface area contributed by atoms with Crippen LogP contribution in [-0.4, -0.2) is 40.5 Å². The Balaban J connectivity index is 1.71. The van der Waals surface area contributed by atoms with Crippen molar-refractivity contribution in [1.82, 2.24) is 9.88 Å². The average Bonchev–Trinajstić information content (AvgIpc) is 2.76. The number of nitrogens with zero attached hydrogens (tertiary/aromatic N) is 3. The van der Waals surface area contributed by atoms with E-state index in [4.69, 9.17) is 0 Å². The third kappa shape index (κ3) is 4.82. The molecule has 0 aliphatic carbocycles. The van der Waals surface area contributed by atoms with Crippen LogP contribution in [-0.2, 0) is 4.79 Å². The van der Waals surface area contributed by atoms with Gasteiger partial charge in [0.1, 0.15) is 11.1 Å². The van der Waals surface area contributed by atoms with E-state index in [9.17, 15) is 14.9 Å². The zero-order valence-electron chi connectivity index (χ0n) is 17.6. The number of hydrogen-bond acceptors (Lipinski definition) is 5. The van der Waals surface area contributed by atoms with Gasteiger partial charge in [0.25, 0.3) is 5.91 Å². The molecule has 1 aliphatic rings. The Morgan fingerprint density at radius 1 is 1.13 bits per heavy atom. The fourth-order valence-corrected chi connectivity index (χ4v) is 4.40. The van der Waals surface area contributed by atoms with Gasteiger partial charge in [0, 0.05) is 18.8 Å². The lowest BCUT2D eigenvalue weighted by Crippen LogP contribution is -2.36. The molecule has 0 bridgehead atoms. The largest absolute Gasteiger partial charge is 0.339 e. The molecule has 1 aromatic carbocycles. The van der Waals surface area contributed by atoms with Crippen LogP contribution < -0.4 is 5.32 Å². The number of nitriles is 1. The summed E-state index contributed by atoms with van der Waals surface area (Å²) in [6.07, 6.45) is 3.18. The number of thioether (sulfide) groups is 1. The van der Waals surface area contributed by atoms with Gasteiger partial charge in [-0.15, -0.1) is 0 Å². The molecule has 0 spiro atoms. The summed E-state index contributed by atoms with van der Waals surface area (Å²) in [5, 5.41) is 12.9. The fraction of sp³-hybridized carbons (Fsp3) is 0.391. The molecule has 0 radical (unpaired) electrons. The van der Waals surface area contributed by atoms with Crippen molar-refractivity contribution in [1.29, 1.82) is 5.26 Å². The summed E-state index contributed by atoms with van der Waals surface area (Å²) < 4.78 is 0. The summed E-state index contributed by atoms with van der Waals surface area (Å²) in [6, 6.07) is 9.31. The molecule has 1 aromatic heterocycles. The van der Waals surface area contributed by atoms with E-state index in [1.54, 1.807) is 18.2 Å². The van der Waals surface area contributed by atoms with Gasteiger partial charge >= 0.3 is 0 Å². The molecule has 6 nitrogen and oxygen atoms in total. The first-order valence-electron chi connectivity index (χ1n) is 10.1. The van der Waals surface area contributed by atoms with Crippen molar-refractivity contribution in [3.8, 4) is 6.07 Å². The van der Waals surface area contributed by atoms with Gasteiger partial charge < -0.3 is 10.2 Å². The molecule has 30 heavy (non-hydrogen) atoms. The van der Waals surface area contributed by atoms with Crippen molar-refractivity contribution in [3.63, 3.8) is 0 Å². The van der Waals surface area contributed by atoms with E-state index in [1.165, 1.54) is 11.8 Å². The molecule has 2 amide bonds. The zero-order valence-corrected chi connectivity index (χ0v) is 18.4. The number of anilines is 1. The van der Waals surface area contributed by atoms with Crippen molar-refractivity contribution in [2.24, 2.45) is 0 Å². The number of likely N-dealkylation sites (tertiary alicyclic amines) is 1. The molecule has 0 saturated carbocycles. The first kappa shape index (κ1) is 21.8. The standard InChI is InChI=1S/C23H26N4O2S/c1-15-16(2)19(13-24)22(25-17(15)3)30-14-21(28)26-20-10-6-5-9-18(20)23(29)27-11-7-4-8-12-27/h5-6,9-10H,4,7-8,11-12,14H2,1-3H3,(H,26,28). The average molecular weight is 423 g/mol. The van der Waals surface area contributed by atoms with Gasteiger partial charge in [-0.25, -0.2) is 4.98 Å². The zero-order chi connectivity index (χ0) is 21.7. The molecule has 1 fully saturated rings. The lowest BCUT2D eigenvalue weighted by atomic mass is 10.1. The minimum Gasteiger partial charge on any atom is -0.339 e. The van der Waals surface area contributed by atoms with Crippen LogP contribution in [0.3, 0.4) is 0 Å². The molecule has 2 heterocycles. The molecule has 3 rings (SSSR count). The summed E-state index contributed by atoms with van der Waals surface area (Å²) in [5.41, 5.74) is 4.28. The maximum atomic E-state index is 12.9. The van der Waals surface area contributed by atoms with E-state index in [2.05, 4.69) is 16.4 Å². The van der Waals surface area contributed by atoms with Crippen molar-refractivity contribution in [2.75, 3.05) is 24.2 Å². The Bertz CT molecular complexity index is 1010. The highest BCUT2D eigenvalue weighted by molar-refractivity contribution is 8.00. The lowest BCUT2D eigenvalue weighted by Gasteiger charge is -2.27. The lowest BCUT2D eigenvalue weighted by molar-refractivity contribution is -0.113. The molecule has 1 aliphatic heterocycles. The van der Waals surface area contributed by atoms with Crippen LogP contribution in [0, 0.1) is 32.1 Å². The van der Waals surface area contributed by atoms with E-state index in [0.29, 0.717) is 21.8 Å². The molecule has 156 valence electrons. The van der Waals surface area contributed by atoms with Crippen molar-refractivity contribution in [3.05, 3.63) is 52.2 Å². The molecular weight excluding hydrogens is 396 g/mol. The minimum atomic E-state index is -0.236. The Kier molecular flexibility index (Phi) is 7.11. The first-order valence-corrected chi connectivity index (χ1v) is 11.1. The van der Waals surface area contributed by atoms with Crippen LogP contribution in [0.15, 0.2) is 29.3 Å². The smallest absolute Gasteiger partial charge is 0.255 e. The monoisotopic (exact) mass is 422 g/mol. The predicted molar refractivity (Wildman–Crippen MR) is 119 cm³/mol. The number of para-hydroxylation sites is 1. The molecule has 1 saturated heterocycles. The van der Waals surface area contributed by atoms with Crippen molar-refractivity contribution < 1.29 is 9.59 Å². The number of carbonyl (C=O) groups excluding carboxylic acids is 2. The fourth-order valence-electron chi connectivity index (χ4n) is 3.51. The quantitative estimate of drug-likeness (QED) is 0.729. The Labute approximate surface area is 181 Å². The molecule has 1 N–H and O–H groups in total. The SMILES string of the molecule is Cc1nc(SCC(=O)Nc2ccccc2C(=O)N2CCCCC2)c(C#N)c(C)c1C. The second-order valence-corrected chi connectivity index (χ2v) is 8.44. The van der Waals surface area contributed by atoms with E-state index in [0.717, 1.165) is 49.2 Å². The number of piperidine rings is 1. The number of carbonyl (C=O) groups is 2. The van der Waals surface area contributed by atoms with Gasteiger partial charge in [-0.05, 0) is 63.3 Å². The third-order valence-corrected chi connectivity index (χ3v) is 6.47. The minimum absolute atomic E-state index is 0.0449. The van der Waals surface area contributed by atoms with Gasteiger partial charge in [-0.2, -0.15) is 5.26 Å². The number of pyridine rings is 1. The highest BCUT2D eigenvalue weighted by atomic mass is 32.2. The first-order chi connectivity index (χ1) is 14.4. The van der Waals surface area contributed by atoms with Gasteiger partial charge in [0.05, 0.1) is 22.6 Å². The van der Waals surface area contributed by atoms with Crippen molar-refractivity contribution >= 4 is 29.3 Å². The number of hydrogen-bond donors (Lipinski definition) is 1. The number of nitrogens with one attached hydrogen (secondary N) is 1. The van der Waals surface area contributed by atoms with Crippen LogP contribution in [0.25, 0.3) is 0 Å². The second-order valence-electron chi connectivity index (χ2n) is 7.47. The van der Waals surface area contributed by atoms with E-state index < -0.39 is 0 Å². The third-order valence-electron chi connectivity index (χ3n) is 5.49. The van der Waals surface area contributed by atoms with E-state index in [-0.39, 0.29) is 17.6 Å². The summed E-state index contributed by atoms with van der Waals surface area (Å²) >= 11 is 1.24. The predicted octanol–water partition coefficient (Wildman–Crippen LogP) is 4.24. The van der Waals surface area contributed by atoms with Crippen LogP contribution in [0.1, 0.15) is 52.0 Å². The van der Waals surface area contributed by atoms with Crippen molar-refractivity contribution in [2.45, 2.75) is 45.1 Å². The number of aromatic nitrogens is 1.